The fraction of sp³-hybridized carbons (Fsp3) is 0.381. The van der Waals surface area contributed by atoms with E-state index < -0.39 is 0 Å². The molecule has 0 saturated carbocycles. The number of amides is 2. The van der Waals surface area contributed by atoms with Gasteiger partial charge in [0.25, 0.3) is 11.8 Å². The minimum Gasteiger partial charge on any atom is -0.493 e. The van der Waals surface area contributed by atoms with E-state index in [0.717, 1.165) is 12.8 Å². The van der Waals surface area contributed by atoms with Crippen LogP contribution in [0.4, 0.5) is 0 Å². The van der Waals surface area contributed by atoms with Crippen LogP contribution in [-0.2, 0) is 0 Å². The van der Waals surface area contributed by atoms with Gasteiger partial charge in [-0.05, 0) is 49.1 Å². The van der Waals surface area contributed by atoms with E-state index in [2.05, 4.69) is 10.3 Å². The average molecular weight is 383 g/mol. The Morgan fingerprint density at radius 3 is 2.50 bits per heavy atom. The number of piperidine rings is 1. The number of methoxy groups -OCH3 is 2. The molecule has 2 heterocycles. The number of pyridine rings is 1. The maximum atomic E-state index is 12.8. The summed E-state index contributed by atoms with van der Waals surface area (Å²) >= 11 is 0. The van der Waals surface area contributed by atoms with Crippen molar-refractivity contribution in [1.29, 1.82) is 0 Å². The van der Waals surface area contributed by atoms with Crippen LogP contribution in [0.25, 0.3) is 0 Å². The molecule has 0 atom stereocenters. The van der Waals surface area contributed by atoms with E-state index in [0.29, 0.717) is 48.3 Å². The molecule has 1 saturated heterocycles. The quantitative estimate of drug-likeness (QED) is 0.828. The van der Waals surface area contributed by atoms with Crippen molar-refractivity contribution in [1.82, 2.24) is 15.2 Å². The Labute approximate surface area is 164 Å². The smallest absolute Gasteiger partial charge is 0.269 e. The summed E-state index contributed by atoms with van der Waals surface area (Å²) < 4.78 is 10.5. The topological polar surface area (TPSA) is 80.8 Å². The lowest BCUT2D eigenvalue weighted by molar-refractivity contribution is 0.0683. The van der Waals surface area contributed by atoms with Crippen LogP contribution in [-0.4, -0.2) is 55.6 Å². The molecule has 1 aliphatic rings. The molecule has 1 N–H and O–H groups in total. The van der Waals surface area contributed by atoms with Crippen molar-refractivity contribution in [3.05, 3.63) is 53.9 Å². The molecule has 0 aliphatic carbocycles. The average Bonchev–Trinajstić information content (AvgIpc) is 2.77. The van der Waals surface area contributed by atoms with Crippen LogP contribution >= 0.6 is 0 Å². The van der Waals surface area contributed by atoms with Gasteiger partial charge in [-0.2, -0.15) is 0 Å². The zero-order chi connectivity index (χ0) is 19.9. The highest BCUT2D eigenvalue weighted by Gasteiger charge is 2.24. The van der Waals surface area contributed by atoms with Crippen molar-refractivity contribution in [2.45, 2.75) is 12.8 Å². The number of aromatic nitrogens is 1. The number of nitrogens with zero attached hydrogens (tertiary/aromatic N) is 2. The van der Waals surface area contributed by atoms with Crippen LogP contribution in [0.5, 0.6) is 11.5 Å². The van der Waals surface area contributed by atoms with Gasteiger partial charge in [-0.1, -0.05) is 6.07 Å². The van der Waals surface area contributed by atoms with Crippen LogP contribution in [0.15, 0.2) is 42.6 Å². The Bertz CT molecular complexity index is 818. The van der Waals surface area contributed by atoms with Crippen molar-refractivity contribution in [3.63, 3.8) is 0 Å². The summed E-state index contributed by atoms with van der Waals surface area (Å²) in [4.78, 5) is 30.8. The standard InChI is InChI=1S/C21H25N3O4/c1-27-18-7-6-16(13-19(18)28-2)21(26)24-11-8-15(9-12-24)14-23-20(25)17-5-3-4-10-22-17/h3-7,10,13,15H,8-9,11-12,14H2,1-2H3,(H,23,25). The van der Waals surface area contributed by atoms with Crippen molar-refractivity contribution in [2.75, 3.05) is 33.9 Å². The number of hydrogen-bond acceptors (Lipinski definition) is 5. The molecule has 28 heavy (non-hydrogen) atoms. The number of carbonyl (C=O) groups excluding carboxylic acids is 2. The van der Waals surface area contributed by atoms with E-state index in [1.165, 1.54) is 0 Å². The van der Waals surface area contributed by atoms with Crippen LogP contribution in [0.1, 0.15) is 33.7 Å². The van der Waals surface area contributed by atoms with Crippen molar-refractivity contribution in [2.24, 2.45) is 5.92 Å². The lowest BCUT2D eigenvalue weighted by Gasteiger charge is -2.32. The van der Waals surface area contributed by atoms with Crippen LogP contribution in [0.2, 0.25) is 0 Å². The Morgan fingerprint density at radius 1 is 1.11 bits per heavy atom. The number of hydrogen-bond donors (Lipinski definition) is 1. The Morgan fingerprint density at radius 2 is 1.86 bits per heavy atom. The molecule has 1 aromatic carbocycles. The van der Waals surface area contributed by atoms with Crippen molar-refractivity contribution < 1.29 is 19.1 Å². The maximum Gasteiger partial charge on any atom is 0.269 e. The molecule has 1 aromatic heterocycles. The van der Waals surface area contributed by atoms with Gasteiger partial charge < -0.3 is 19.7 Å². The molecule has 0 spiro atoms. The number of nitrogens with one attached hydrogen (secondary N) is 1. The van der Waals surface area contributed by atoms with Gasteiger partial charge in [0.15, 0.2) is 11.5 Å². The summed E-state index contributed by atoms with van der Waals surface area (Å²) in [5, 5.41) is 2.94. The summed E-state index contributed by atoms with van der Waals surface area (Å²) in [6, 6.07) is 10.5. The summed E-state index contributed by atoms with van der Waals surface area (Å²) in [6.07, 6.45) is 3.30. The second-order valence-electron chi connectivity index (χ2n) is 6.73. The number of rotatable bonds is 6. The van der Waals surface area contributed by atoms with Gasteiger partial charge >= 0.3 is 0 Å². The number of carbonyl (C=O) groups is 2. The van der Waals surface area contributed by atoms with E-state index in [1.54, 1.807) is 56.8 Å². The first-order valence-corrected chi connectivity index (χ1v) is 9.33. The highest BCUT2D eigenvalue weighted by atomic mass is 16.5. The van der Waals surface area contributed by atoms with Crippen molar-refractivity contribution >= 4 is 11.8 Å². The highest BCUT2D eigenvalue weighted by molar-refractivity contribution is 5.95. The first-order chi connectivity index (χ1) is 13.6. The molecule has 0 unspecified atom stereocenters. The lowest BCUT2D eigenvalue weighted by atomic mass is 9.96. The Balaban J connectivity index is 1.51. The lowest BCUT2D eigenvalue weighted by Crippen LogP contribution is -2.41. The zero-order valence-corrected chi connectivity index (χ0v) is 16.2. The third kappa shape index (κ3) is 4.60. The molecule has 2 amide bonds. The molecular weight excluding hydrogens is 358 g/mol. The molecule has 0 bridgehead atoms. The Kier molecular flexibility index (Phi) is 6.47. The predicted molar refractivity (Wildman–Crippen MR) is 105 cm³/mol. The molecular formula is C21H25N3O4. The fourth-order valence-electron chi connectivity index (χ4n) is 3.32. The fourth-order valence-corrected chi connectivity index (χ4v) is 3.32. The minimum absolute atomic E-state index is 0.0167. The van der Waals surface area contributed by atoms with E-state index in [9.17, 15) is 9.59 Å². The van der Waals surface area contributed by atoms with Gasteiger partial charge in [-0.3, -0.25) is 14.6 Å². The monoisotopic (exact) mass is 383 g/mol. The number of benzene rings is 1. The molecule has 7 heteroatoms. The second kappa shape index (κ2) is 9.21. The van der Waals surface area contributed by atoms with Crippen LogP contribution < -0.4 is 14.8 Å². The molecule has 2 aromatic rings. The molecule has 3 rings (SSSR count). The highest BCUT2D eigenvalue weighted by Crippen LogP contribution is 2.28. The van der Waals surface area contributed by atoms with Gasteiger partial charge in [0.1, 0.15) is 5.69 Å². The van der Waals surface area contributed by atoms with E-state index in [1.807, 2.05) is 4.90 Å². The number of likely N-dealkylation sites (tertiary alicyclic amines) is 1. The van der Waals surface area contributed by atoms with Crippen LogP contribution in [0, 0.1) is 5.92 Å². The first-order valence-electron chi connectivity index (χ1n) is 9.33. The summed E-state index contributed by atoms with van der Waals surface area (Å²) in [5.41, 5.74) is 1.00. The van der Waals surface area contributed by atoms with Gasteiger partial charge in [0.05, 0.1) is 14.2 Å². The van der Waals surface area contributed by atoms with Gasteiger partial charge in [-0.25, -0.2) is 0 Å². The number of ether oxygens (including phenoxy) is 2. The normalized spacial score (nSPS) is 14.4. The van der Waals surface area contributed by atoms with Gasteiger partial charge in [0.2, 0.25) is 0 Å². The largest absolute Gasteiger partial charge is 0.493 e. The second-order valence-corrected chi connectivity index (χ2v) is 6.73. The van der Waals surface area contributed by atoms with Crippen molar-refractivity contribution in [3.8, 4) is 11.5 Å². The summed E-state index contributed by atoms with van der Waals surface area (Å²) in [7, 11) is 3.12. The van der Waals surface area contributed by atoms with E-state index >= 15 is 0 Å². The maximum absolute atomic E-state index is 12.8. The van der Waals surface area contributed by atoms with Gasteiger partial charge in [0, 0.05) is 31.4 Å². The summed E-state index contributed by atoms with van der Waals surface area (Å²) in [6.45, 7) is 1.92. The molecule has 1 aliphatic heterocycles. The summed E-state index contributed by atoms with van der Waals surface area (Å²) in [5.74, 6) is 1.31. The first kappa shape index (κ1) is 19.7. The molecule has 1 fully saturated rings. The third-order valence-electron chi connectivity index (χ3n) is 4.98. The zero-order valence-electron chi connectivity index (χ0n) is 16.2. The molecule has 148 valence electrons. The molecule has 0 radical (unpaired) electrons. The molecule has 7 nitrogen and oxygen atoms in total. The van der Waals surface area contributed by atoms with Gasteiger partial charge in [-0.15, -0.1) is 0 Å². The SMILES string of the molecule is COc1ccc(C(=O)N2CCC(CNC(=O)c3ccccn3)CC2)cc1OC. The Hall–Kier alpha value is -3.09. The van der Waals surface area contributed by atoms with E-state index in [-0.39, 0.29) is 11.8 Å². The third-order valence-corrected chi connectivity index (χ3v) is 4.98. The predicted octanol–water partition coefficient (Wildman–Crippen LogP) is 2.38. The van der Waals surface area contributed by atoms with E-state index in [4.69, 9.17) is 9.47 Å². The van der Waals surface area contributed by atoms with Crippen LogP contribution in [0.3, 0.4) is 0 Å². The minimum atomic E-state index is -0.163.